The maximum absolute atomic E-state index is 13.6. The minimum absolute atomic E-state index is 0.0131. The molecular weight excluding hydrogens is 410 g/mol. The van der Waals surface area contributed by atoms with Gasteiger partial charge in [0.25, 0.3) is 0 Å². The predicted octanol–water partition coefficient (Wildman–Crippen LogP) is 4.06. The van der Waals surface area contributed by atoms with Crippen LogP contribution in [-0.2, 0) is 18.4 Å². The van der Waals surface area contributed by atoms with Crippen LogP contribution in [0, 0.1) is 11.6 Å². The average molecular weight is 425 g/mol. The maximum atomic E-state index is 13.6. The van der Waals surface area contributed by atoms with Crippen LogP contribution in [0.3, 0.4) is 0 Å². The second kappa shape index (κ2) is 9.03. The Kier molecular flexibility index (Phi) is 6.48. The first-order chi connectivity index (χ1) is 13.4. The lowest BCUT2D eigenvalue weighted by Crippen LogP contribution is -2.15. The van der Waals surface area contributed by atoms with Crippen LogP contribution in [0.4, 0.5) is 14.5 Å². The Hall–Kier alpha value is -2.65. The number of hydrogen-bond acceptors (Lipinski definition) is 5. The third-order valence-corrected chi connectivity index (χ3v) is 4.92. The highest BCUT2D eigenvalue weighted by molar-refractivity contribution is 7.99. The minimum Gasteiger partial charge on any atom is -0.486 e. The molecule has 0 bridgehead atoms. The number of hydrogen-bond donors (Lipinski definition) is 1. The van der Waals surface area contributed by atoms with Gasteiger partial charge >= 0.3 is 0 Å². The van der Waals surface area contributed by atoms with Crippen LogP contribution >= 0.6 is 23.4 Å². The van der Waals surface area contributed by atoms with Crippen LogP contribution in [0.5, 0.6) is 5.75 Å². The summed E-state index contributed by atoms with van der Waals surface area (Å²) in [6, 6.07) is 9.87. The number of halogens is 3. The van der Waals surface area contributed by atoms with Gasteiger partial charge in [0.2, 0.25) is 5.91 Å². The van der Waals surface area contributed by atoms with E-state index in [1.807, 2.05) is 0 Å². The van der Waals surface area contributed by atoms with Gasteiger partial charge in [0.05, 0.1) is 11.4 Å². The van der Waals surface area contributed by atoms with Crippen LogP contribution in [0.2, 0.25) is 5.02 Å². The van der Waals surface area contributed by atoms with E-state index in [1.54, 1.807) is 35.9 Å². The molecule has 28 heavy (non-hydrogen) atoms. The van der Waals surface area contributed by atoms with Crippen molar-refractivity contribution in [2.24, 2.45) is 7.05 Å². The van der Waals surface area contributed by atoms with E-state index in [0.29, 0.717) is 27.8 Å². The van der Waals surface area contributed by atoms with Gasteiger partial charge in [-0.2, -0.15) is 0 Å². The molecule has 0 atom stereocenters. The molecule has 0 saturated heterocycles. The highest BCUT2D eigenvalue weighted by atomic mass is 35.5. The first kappa shape index (κ1) is 20.1. The molecule has 0 aliphatic heterocycles. The number of nitrogens with one attached hydrogen (secondary N) is 1. The third-order valence-electron chi connectivity index (χ3n) is 3.64. The van der Waals surface area contributed by atoms with E-state index in [0.717, 1.165) is 17.8 Å². The van der Waals surface area contributed by atoms with Crippen molar-refractivity contribution in [3.63, 3.8) is 0 Å². The highest BCUT2D eigenvalue weighted by Gasteiger charge is 2.13. The summed E-state index contributed by atoms with van der Waals surface area (Å²) < 4.78 is 33.8. The SMILES string of the molecule is Cn1c(COc2ccc(Cl)cc2)nnc1SCC(=O)Nc1ccc(F)cc1F. The lowest BCUT2D eigenvalue weighted by atomic mass is 10.3. The van der Waals surface area contributed by atoms with E-state index in [9.17, 15) is 13.6 Å². The molecule has 3 aromatic rings. The normalized spacial score (nSPS) is 10.7. The monoisotopic (exact) mass is 424 g/mol. The largest absolute Gasteiger partial charge is 0.486 e. The van der Waals surface area contributed by atoms with Gasteiger partial charge in [-0.15, -0.1) is 10.2 Å². The summed E-state index contributed by atoms with van der Waals surface area (Å²) in [4.78, 5) is 12.0. The maximum Gasteiger partial charge on any atom is 0.234 e. The number of carbonyl (C=O) groups excluding carboxylic acids is 1. The Balaban J connectivity index is 1.53. The van der Waals surface area contributed by atoms with Gasteiger partial charge in [-0.1, -0.05) is 23.4 Å². The van der Waals surface area contributed by atoms with Gasteiger partial charge in [0.1, 0.15) is 24.0 Å². The lowest BCUT2D eigenvalue weighted by Gasteiger charge is -2.07. The average Bonchev–Trinajstić information content (AvgIpc) is 3.02. The second-order valence-electron chi connectivity index (χ2n) is 5.66. The Bertz CT molecular complexity index is 982. The zero-order valence-electron chi connectivity index (χ0n) is 14.7. The predicted molar refractivity (Wildman–Crippen MR) is 102 cm³/mol. The summed E-state index contributed by atoms with van der Waals surface area (Å²) in [6.07, 6.45) is 0. The van der Waals surface area contributed by atoms with E-state index in [-0.39, 0.29) is 18.0 Å². The second-order valence-corrected chi connectivity index (χ2v) is 7.04. The summed E-state index contributed by atoms with van der Waals surface area (Å²) in [7, 11) is 1.75. The topological polar surface area (TPSA) is 69.0 Å². The fourth-order valence-corrected chi connectivity index (χ4v) is 3.04. The number of ether oxygens (including phenoxy) is 1. The molecule has 0 fully saturated rings. The summed E-state index contributed by atoms with van der Waals surface area (Å²) >= 11 is 6.97. The molecule has 0 aliphatic rings. The van der Waals surface area contributed by atoms with Crippen molar-refractivity contribution in [3.05, 3.63) is 64.9 Å². The molecule has 0 spiro atoms. The lowest BCUT2D eigenvalue weighted by molar-refractivity contribution is -0.113. The molecule has 6 nitrogen and oxygen atoms in total. The van der Waals surface area contributed by atoms with Crippen LogP contribution < -0.4 is 10.1 Å². The first-order valence-electron chi connectivity index (χ1n) is 8.06. The van der Waals surface area contributed by atoms with Crippen LogP contribution in [0.1, 0.15) is 5.82 Å². The fraction of sp³-hybridized carbons (Fsp3) is 0.167. The quantitative estimate of drug-likeness (QED) is 0.579. The van der Waals surface area contributed by atoms with Crippen molar-refractivity contribution >= 4 is 35.0 Å². The van der Waals surface area contributed by atoms with Crippen molar-refractivity contribution in [2.75, 3.05) is 11.1 Å². The number of benzene rings is 2. The number of rotatable bonds is 7. The number of carbonyl (C=O) groups is 1. The van der Waals surface area contributed by atoms with E-state index in [2.05, 4.69) is 15.5 Å². The van der Waals surface area contributed by atoms with Crippen LogP contribution in [-0.4, -0.2) is 26.4 Å². The molecule has 0 unspecified atom stereocenters. The zero-order valence-corrected chi connectivity index (χ0v) is 16.2. The van der Waals surface area contributed by atoms with Crippen molar-refractivity contribution in [2.45, 2.75) is 11.8 Å². The molecule has 1 aromatic heterocycles. The molecule has 10 heteroatoms. The fourth-order valence-electron chi connectivity index (χ4n) is 2.18. The first-order valence-corrected chi connectivity index (χ1v) is 9.43. The number of nitrogens with zero attached hydrogens (tertiary/aromatic N) is 3. The van der Waals surface area contributed by atoms with Crippen LogP contribution in [0.25, 0.3) is 0 Å². The molecular formula is C18H15ClF2N4O2S. The van der Waals surface area contributed by atoms with E-state index in [4.69, 9.17) is 16.3 Å². The van der Waals surface area contributed by atoms with Crippen LogP contribution in [0.15, 0.2) is 47.6 Å². The minimum atomic E-state index is -0.835. The van der Waals surface area contributed by atoms with Gasteiger partial charge in [-0.25, -0.2) is 8.78 Å². The third kappa shape index (κ3) is 5.20. The Morgan fingerprint density at radius 3 is 2.68 bits per heavy atom. The van der Waals surface area contributed by atoms with E-state index < -0.39 is 17.5 Å². The van der Waals surface area contributed by atoms with E-state index in [1.165, 1.54) is 6.07 Å². The summed E-state index contributed by atoms with van der Waals surface area (Å²) in [5, 5.41) is 11.6. The molecule has 0 aliphatic carbocycles. The molecule has 1 N–H and O–H groups in total. The number of aromatic nitrogens is 3. The zero-order chi connectivity index (χ0) is 20.1. The van der Waals surface area contributed by atoms with Gasteiger partial charge in [-0.3, -0.25) is 4.79 Å². The van der Waals surface area contributed by atoms with Gasteiger partial charge in [0, 0.05) is 18.1 Å². The number of amides is 1. The summed E-state index contributed by atoms with van der Waals surface area (Å²) in [5.74, 6) is -0.793. The standard InChI is InChI=1S/C18H15ClF2N4O2S/c1-25-16(9-27-13-5-2-11(19)3-6-13)23-24-18(25)28-10-17(26)22-15-7-4-12(20)8-14(15)21/h2-8H,9-10H2,1H3,(H,22,26). The molecule has 1 heterocycles. The molecule has 3 rings (SSSR count). The number of thioether (sulfide) groups is 1. The van der Waals surface area contributed by atoms with Crippen molar-refractivity contribution in [1.82, 2.24) is 14.8 Å². The molecule has 2 aromatic carbocycles. The Morgan fingerprint density at radius 2 is 1.96 bits per heavy atom. The van der Waals surface area contributed by atoms with Crippen molar-refractivity contribution in [3.8, 4) is 5.75 Å². The van der Waals surface area contributed by atoms with Gasteiger partial charge < -0.3 is 14.6 Å². The van der Waals surface area contributed by atoms with Crippen molar-refractivity contribution in [1.29, 1.82) is 0 Å². The Morgan fingerprint density at radius 1 is 1.21 bits per heavy atom. The summed E-state index contributed by atoms with van der Waals surface area (Å²) in [6.45, 7) is 0.193. The number of anilines is 1. The van der Waals surface area contributed by atoms with E-state index >= 15 is 0 Å². The molecule has 0 saturated carbocycles. The van der Waals surface area contributed by atoms with Gasteiger partial charge in [-0.05, 0) is 36.4 Å². The highest BCUT2D eigenvalue weighted by Crippen LogP contribution is 2.20. The molecule has 146 valence electrons. The Labute approximate surface area is 168 Å². The van der Waals surface area contributed by atoms with Gasteiger partial charge in [0.15, 0.2) is 11.0 Å². The smallest absolute Gasteiger partial charge is 0.234 e. The molecule has 0 radical (unpaired) electrons. The summed E-state index contributed by atoms with van der Waals surface area (Å²) in [5.41, 5.74) is -0.0815. The molecule has 1 amide bonds. The van der Waals surface area contributed by atoms with Crippen molar-refractivity contribution < 1.29 is 18.3 Å².